The van der Waals surface area contributed by atoms with Crippen LogP contribution in [0, 0.1) is 11.8 Å². The highest BCUT2D eigenvalue weighted by Crippen LogP contribution is 2.28. The van der Waals surface area contributed by atoms with Crippen molar-refractivity contribution < 1.29 is 0 Å². The molecule has 0 atom stereocenters. The number of nitrogens with two attached hydrogens (primary N) is 1. The van der Waals surface area contributed by atoms with E-state index in [1.165, 1.54) is 57.8 Å². The molecule has 0 aromatic carbocycles. The standard InChI is InChI=1S/C15H29N3/c1-12-7-9-13(10-8-12)11-17-15(16)18-14-5-3-2-4-6-14/h12-14H,2-11H2,1H3,(H3,16,17,18). The van der Waals surface area contributed by atoms with E-state index in [0.717, 1.165) is 18.4 Å². The SMILES string of the molecule is CC1CCC(CN=C(N)NC2CCCCC2)CC1. The highest BCUT2D eigenvalue weighted by atomic mass is 15.1. The van der Waals surface area contributed by atoms with Gasteiger partial charge in [-0.3, -0.25) is 4.99 Å². The van der Waals surface area contributed by atoms with Crippen LogP contribution in [0.4, 0.5) is 0 Å². The average Bonchev–Trinajstić information content (AvgIpc) is 2.39. The zero-order valence-electron chi connectivity index (χ0n) is 11.8. The molecule has 2 fully saturated rings. The van der Waals surface area contributed by atoms with E-state index in [2.05, 4.69) is 17.2 Å². The normalized spacial score (nSPS) is 31.3. The molecule has 3 heteroatoms. The number of nitrogens with zero attached hydrogens (tertiary/aromatic N) is 1. The fraction of sp³-hybridized carbons (Fsp3) is 0.933. The highest BCUT2D eigenvalue weighted by Gasteiger charge is 2.18. The summed E-state index contributed by atoms with van der Waals surface area (Å²) in [7, 11) is 0. The Labute approximate surface area is 112 Å². The zero-order chi connectivity index (χ0) is 12.8. The van der Waals surface area contributed by atoms with Crippen LogP contribution in [0.2, 0.25) is 0 Å². The molecule has 2 aliphatic rings. The van der Waals surface area contributed by atoms with E-state index < -0.39 is 0 Å². The Morgan fingerprint density at radius 2 is 1.72 bits per heavy atom. The molecule has 18 heavy (non-hydrogen) atoms. The molecule has 0 aromatic heterocycles. The molecule has 0 spiro atoms. The van der Waals surface area contributed by atoms with E-state index >= 15 is 0 Å². The van der Waals surface area contributed by atoms with Crippen molar-refractivity contribution in [3.63, 3.8) is 0 Å². The maximum atomic E-state index is 5.99. The Kier molecular flexibility index (Phi) is 5.33. The van der Waals surface area contributed by atoms with E-state index in [1.807, 2.05) is 0 Å². The second kappa shape index (κ2) is 7.01. The Hall–Kier alpha value is -0.730. The third-order valence-electron chi connectivity index (χ3n) is 4.61. The maximum Gasteiger partial charge on any atom is 0.188 e. The van der Waals surface area contributed by atoms with Crippen molar-refractivity contribution in [3.05, 3.63) is 0 Å². The van der Waals surface area contributed by atoms with Crippen molar-refractivity contribution in [2.24, 2.45) is 22.6 Å². The van der Waals surface area contributed by atoms with Crippen molar-refractivity contribution >= 4 is 5.96 Å². The molecule has 0 heterocycles. The first-order chi connectivity index (χ1) is 8.74. The zero-order valence-corrected chi connectivity index (χ0v) is 11.8. The van der Waals surface area contributed by atoms with Crippen LogP contribution in [0.5, 0.6) is 0 Å². The predicted octanol–water partition coefficient (Wildman–Crippen LogP) is 3.05. The van der Waals surface area contributed by atoms with E-state index in [-0.39, 0.29) is 0 Å². The monoisotopic (exact) mass is 251 g/mol. The molecule has 0 saturated heterocycles. The number of hydrogen-bond donors (Lipinski definition) is 2. The molecule has 0 aliphatic heterocycles. The average molecular weight is 251 g/mol. The molecule has 0 aromatic rings. The van der Waals surface area contributed by atoms with Crippen molar-refractivity contribution in [3.8, 4) is 0 Å². The van der Waals surface area contributed by atoms with Gasteiger partial charge in [-0.1, -0.05) is 39.0 Å². The summed E-state index contributed by atoms with van der Waals surface area (Å²) in [6, 6.07) is 0.578. The first-order valence-electron chi connectivity index (χ1n) is 7.80. The third kappa shape index (κ3) is 4.51. The molecule has 0 radical (unpaired) electrons. The van der Waals surface area contributed by atoms with Crippen LogP contribution in [-0.2, 0) is 0 Å². The van der Waals surface area contributed by atoms with Gasteiger partial charge in [0.05, 0.1) is 0 Å². The van der Waals surface area contributed by atoms with Crippen LogP contribution in [0.1, 0.15) is 64.7 Å². The number of nitrogens with one attached hydrogen (secondary N) is 1. The largest absolute Gasteiger partial charge is 0.370 e. The van der Waals surface area contributed by atoms with Gasteiger partial charge in [0.15, 0.2) is 5.96 Å². The van der Waals surface area contributed by atoms with Crippen LogP contribution in [0.15, 0.2) is 4.99 Å². The summed E-state index contributed by atoms with van der Waals surface area (Å²) in [6.45, 7) is 3.29. The molecule has 2 aliphatic carbocycles. The summed E-state index contributed by atoms with van der Waals surface area (Å²) in [6.07, 6.45) is 12.0. The summed E-state index contributed by atoms with van der Waals surface area (Å²) in [5.41, 5.74) is 5.99. The lowest BCUT2D eigenvalue weighted by Gasteiger charge is -2.26. The van der Waals surface area contributed by atoms with Gasteiger partial charge >= 0.3 is 0 Å². The van der Waals surface area contributed by atoms with Crippen LogP contribution in [0.25, 0.3) is 0 Å². The minimum absolute atomic E-state index is 0.578. The summed E-state index contributed by atoms with van der Waals surface area (Å²) in [5, 5.41) is 3.39. The quantitative estimate of drug-likeness (QED) is 0.598. The van der Waals surface area contributed by atoms with Gasteiger partial charge in [-0.15, -0.1) is 0 Å². The van der Waals surface area contributed by atoms with Gasteiger partial charge in [-0.25, -0.2) is 0 Å². The fourth-order valence-corrected chi connectivity index (χ4v) is 3.24. The van der Waals surface area contributed by atoms with E-state index in [4.69, 9.17) is 5.73 Å². The minimum Gasteiger partial charge on any atom is -0.370 e. The van der Waals surface area contributed by atoms with E-state index in [1.54, 1.807) is 0 Å². The molecule has 0 bridgehead atoms. The molecule has 3 nitrogen and oxygen atoms in total. The molecule has 104 valence electrons. The van der Waals surface area contributed by atoms with Crippen molar-refractivity contribution in [1.29, 1.82) is 0 Å². The molecular weight excluding hydrogens is 222 g/mol. The predicted molar refractivity (Wildman–Crippen MR) is 77.6 cm³/mol. The number of guanidine groups is 1. The Morgan fingerprint density at radius 3 is 2.39 bits per heavy atom. The van der Waals surface area contributed by atoms with Gasteiger partial charge in [0.2, 0.25) is 0 Å². The molecular formula is C15H29N3. The van der Waals surface area contributed by atoms with E-state index in [9.17, 15) is 0 Å². The third-order valence-corrected chi connectivity index (χ3v) is 4.61. The Balaban J connectivity index is 1.68. The number of aliphatic imine (C=N–C) groups is 1. The van der Waals surface area contributed by atoms with Crippen molar-refractivity contribution in [1.82, 2.24) is 5.32 Å². The van der Waals surface area contributed by atoms with Gasteiger partial charge in [-0.05, 0) is 37.5 Å². The van der Waals surface area contributed by atoms with Gasteiger partial charge in [0.1, 0.15) is 0 Å². The first kappa shape index (κ1) is 13.7. The van der Waals surface area contributed by atoms with Gasteiger partial charge < -0.3 is 11.1 Å². The number of rotatable bonds is 3. The molecule has 2 rings (SSSR count). The Morgan fingerprint density at radius 1 is 1.06 bits per heavy atom. The summed E-state index contributed by atoms with van der Waals surface area (Å²) >= 11 is 0. The van der Waals surface area contributed by atoms with Crippen molar-refractivity contribution in [2.75, 3.05) is 6.54 Å². The molecule has 3 N–H and O–H groups in total. The van der Waals surface area contributed by atoms with Crippen LogP contribution >= 0.6 is 0 Å². The topological polar surface area (TPSA) is 50.4 Å². The highest BCUT2D eigenvalue weighted by molar-refractivity contribution is 5.78. The summed E-state index contributed by atoms with van der Waals surface area (Å²) in [4.78, 5) is 4.55. The summed E-state index contributed by atoms with van der Waals surface area (Å²) in [5.74, 6) is 2.37. The van der Waals surface area contributed by atoms with Gasteiger partial charge in [-0.2, -0.15) is 0 Å². The second-order valence-electron chi connectivity index (χ2n) is 6.33. The van der Waals surface area contributed by atoms with Gasteiger partial charge in [0.25, 0.3) is 0 Å². The smallest absolute Gasteiger partial charge is 0.188 e. The van der Waals surface area contributed by atoms with Gasteiger partial charge in [0, 0.05) is 12.6 Å². The first-order valence-corrected chi connectivity index (χ1v) is 7.80. The van der Waals surface area contributed by atoms with Crippen LogP contribution < -0.4 is 11.1 Å². The van der Waals surface area contributed by atoms with E-state index in [0.29, 0.717) is 12.0 Å². The van der Waals surface area contributed by atoms with Crippen LogP contribution in [0.3, 0.4) is 0 Å². The lowest BCUT2D eigenvalue weighted by Crippen LogP contribution is -2.41. The lowest BCUT2D eigenvalue weighted by atomic mass is 9.83. The molecule has 2 saturated carbocycles. The summed E-state index contributed by atoms with van der Waals surface area (Å²) < 4.78 is 0. The number of hydrogen-bond acceptors (Lipinski definition) is 1. The lowest BCUT2D eigenvalue weighted by molar-refractivity contribution is 0.296. The molecule has 0 amide bonds. The molecule has 0 unspecified atom stereocenters. The fourth-order valence-electron chi connectivity index (χ4n) is 3.24. The van der Waals surface area contributed by atoms with Crippen LogP contribution in [-0.4, -0.2) is 18.5 Å². The Bertz CT molecular complexity index is 261. The van der Waals surface area contributed by atoms with Crippen molar-refractivity contribution in [2.45, 2.75) is 70.8 Å². The minimum atomic E-state index is 0.578. The maximum absolute atomic E-state index is 5.99. The second-order valence-corrected chi connectivity index (χ2v) is 6.33.